The predicted octanol–water partition coefficient (Wildman–Crippen LogP) is 2.91. The van der Waals surface area contributed by atoms with Gasteiger partial charge >= 0.3 is 6.03 Å². The number of imide groups is 1. The largest absolute Gasteiger partial charge is 0.493 e. The van der Waals surface area contributed by atoms with Crippen LogP contribution in [0.2, 0.25) is 0 Å². The second kappa shape index (κ2) is 9.72. The first-order valence-corrected chi connectivity index (χ1v) is 10.6. The van der Waals surface area contributed by atoms with E-state index >= 15 is 0 Å². The first-order chi connectivity index (χ1) is 15.3. The fourth-order valence-electron chi connectivity index (χ4n) is 3.72. The Balaban J connectivity index is 1.73. The van der Waals surface area contributed by atoms with E-state index in [9.17, 15) is 14.4 Å². The minimum atomic E-state index is -1.20. The highest BCUT2D eigenvalue weighted by atomic mass is 16.5. The van der Waals surface area contributed by atoms with Gasteiger partial charge in [-0.3, -0.25) is 14.5 Å². The van der Waals surface area contributed by atoms with Gasteiger partial charge in [-0.2, -0.15) is 0 Å². The molecule has 32 heavy (non-hydrogen) atoms. The quantitative estimate of drug-likeness (QED) is 0.607. The van der Waals surface area contributed by atoms with Gasteiger partial charge in [-0.05, 0) is 44.0 Å². The average Bonchev–Trinajstić information content (AvgIpc) is 3.02. The van der Waals surface area contributed by atoms with E-state index in [0.717, 1.165) is 10.5 Å². The van der Waals surface area contributed by atoms with E-state index in [2.05, 4.69) is 5.32 Å². The number of hydrogen-bond acceptors (Lipinski definition) is 5. The number of nitrogens with one attached hydrogen (secondary N) is 1. The molecule has 1 aliphatic rings. The van der Waals surface area contributed by atoms with Crippen LogP contribution in [0.3, 0.4) is 0 Å². The van der Waals surface area contributed by atoms with Crippen LogP contribution in [0.15, 0.2) is 48.5 Å². The summed E-state index contributed by atoms with van der Waals surface area (Å²) in [6.45, 7) is 6.33. The predicted molar refractivity (Wildman–Crippen MR) is 119 cm³/mol. The molecule has 1 N–H and O–H groups in total. The number of likely N-dealkylation sites (N-methyl/N-ethyl adjacent to an activating group) is 1. The molecule has 8 heteroatoms. The Morgan fingerprint density at radius 2 is 1.81 bits per heavy atom. The molecule has 0 unspecified atom stereocenters. The highest BCUT2D eigenvalue weighted by Crippen LogP contribution is 2.30. The zero-order chi connectivity index (χ0) is 23.3. The van der Waals surface area contributed by atoms with Crippen LogP contribution in [0, 0.1) is 0 Å². The Morgan fingerprint density at radius 3 is 2.44 bits per heavy atom. The molecule has 4 amide bonds. The van der Waals surface area contributed by atoms with Gasteiger partial charge < -0.3 is 19.7 Å². The molecule has 2 aromatic carbocycles. The summed E-state index contributed by atoms with van der Waals surface area (Å²) in [5.41, 5.74) is 0.326. The van der Waals surface area contributed by atoms with Crippen molar-refractivity contribution in [3.63, 3.8) is 0 Å². The van der Waals surface area contributed by atoms with Gasteiger partial charge in [0, 0.05) is 13.1 Å². The maximum atomic E-state index is 13.1. The summed E-state index contributed by atoms with van der Waals surface area (Å²) in [7, 11) is 1.56. The Hall–Kier alpha value is -3.55. The maximum Gasteiger partial charge on any atom is 0.325 e. The van der Waals surface area contributed by atoms with Crippen molar-refractivity contribution in [3.8, 4) is 11.5 Å². The molecule has 1 heterocycles. The van der Waals surface area contributed by atoms with Crippen LogP contribution >= 0.6 is 0 Å². The molecule has 8 nitrogen and oxygen atoms in total. The molecule has 170 valence electrons. The maximum absolute atomic E-state index is 13.1. The smallest absolute Gasteiger partial charge is 0.325 e. The summed E-state index contributed by atoms with van der Waals surface area (Å²) < 4.78 is 10.9. The number of rotatable bonds is 9. The van der Waals surface area contributed by atoms with Crippen LogP contribution in [-0.4, -0.2) is 54.5 Å². The van der Waals surface area contributed by atoms with Crippen molar-refractivity contribution in [2.24, 2.45) is 0 Å². The number of methoxy groups -OCH3 is 1. The van der Waals surface area contributed by atoms with E-state index in [1.54, 1.807) is 49.3 Å². The number of hydrogen-bond donors (Lipinski definition) is 1. The van der Waals surface area contributed by atoms with Crippen molar-refractivity contribution >= 4 is 17.8 Å². The first-order valence-electron chi connectivity index (χ1n) is 10.6. The van der Waals surface area contributed by atoms with Crippen molar-refractivity contribution in [1.29, 1.82) is 0 Å². The van der Waals surface area contributed by atoms with Gasteiger partial charge in [0.2, 0.25) is 5.91 Å². The monoisotopic (exact) mass is 439 g/mol. The van der Waals surface area contributed by atoms with Gasteiger partial charge in [-0.1, -0.05) is 36.4 Å². The van der Waals surface area contributed by atoms with Crippen molar-refractivity contribution in [2.75, 3.05) is 26.8 Å². The summed E-state index contributed by atoms with van der Waals surface area (Å²) in [5.74, 6) is 0.454. The standard InChI is InChI=1S/C24H29N3O5/c1-5-26(15-17-12-13-19(32-6-2)20(14-17)31-4)21(28)16-27-22(29)24(3,25-23(27)30)18-10-8-7-9-11-18/h7-14H,5-6,15-16H2,1-4H3,(H,25,30)/t24-/m0/s1. The van der Waals surface area contributed by atoms with Crippen molar-refractivity contribution in [3.05, 3.63) is 59.7 Å². The Kier molecular flexibility index (Phi) is 7.02. The molecule has 1 fully saturated rings. The van der Waals surface area contributed by atoms with Crippen molar-refractivity contribution in [2.45, 2.75) is 32.9 Å². The lowest BCUT2D eigenvalue weighted by atomic mass is 9.92. The van der Waals surface area contributed by atoms with Gasteiger partial charge in [-0.25, -0.2) is 4.79 Å². The molecule has 0 radical (unpaired) electrons. The van der Waals surface area contributed by atoms with Crippen LogP contribution < -0.4 is 14.8 Å². The summed E-state index contributed by atoms with van der Waals surface area (Å²) >= 11 is 0. The van der Waals surface area contributed by atoms with Gasteiger partial charge in [0.25, 0.3) is 5.91 Å². The molecule has 0 bridgehead atoms. The number of carbonyl (C=O) groups excluding carboxylic acids is 3. The van der Waals surface area contributed by atoms with E-state index in [4.69, 9.17) is 9.47 Å². The minimum absolute atomic E-state index is 0.317. The summed E-state index contributed by atoms with van der Waals surface area (Å²) in [5, 5.41) is 2.73. The third-order valence-electron chi connectivity index (χ3n) is 5.56. The molecule has 1 saturated heterocycles. The number of ether oxygens (including phenoxy) is 2. The Morgan fingerprint density at radius 1 is 1.09 bits per heavy atom. The third-order valence-corrected chi connectivity index (χ3v) is 5.56. The molecule has 2 aromatic rings. The lowest BCUT2D eigenvalue weighted by Gasteiger charge is -2.25. The van der Waals surface area contributed by atoms with Crippen molar-refractivity contribution < 1.29 is 23.9 Å². The van der Waals surface area contributed by atoms with E-state index in [-0.39, 0.29) is 12.5 Å². The average molecular weight is 440 g/mol. The lowest BCUT2D eigenvalue weighted by molar-refractivity contribution is -0.139. The topological polar surface area (TPSA) is 88.2 Å². The molecule has 0 spiro atoms. The van der Waals surface area contributed by atoms with Crippen molar-refractivity contribution in [1.82, 2.24) is 15.1 Å². The van der Waals surface area contributed by atoms with Crippen LogP contribution in [0.4, 0.5) is 4.79 Å². The fraction of sp³-hybridized carbons (Fsp3) is 0.375. The lowest BCUT2D eigenvalue weighted by Crippen LogP contribution is -2.44. The zero-order valence-corrected chi connectivity index (χ0v) is 18.9. The van der Waals surface area contributed by atoms with E-state index in [1.807, 2.05) is 32.0 Å². The summed E-state index contributed by atoms with van der Waals surface area (Å²) in [4.78, 5) is 41.2. The molecule has 1 aliphatic heterocycles. The van der Waals surface area contributed by atoms with Crippen LogP contribution in [0.25, 0.3) is 0 Å². The van der Waals surface area contributed by atoms with E-state index in [1.165, 1.54) is 0 Å². The molecular formula is C24H29N3O5. The number of urea groups is 1. The number of carbonyl (C=O) groups is 3. The zero-order valence-electron chi connectivity index (χ0n) is 18.9. The van der Waals surface area contributed by atoms with E-state index < -0.39 is 17.5 Å². The highest BCUT2D eigenvalue weighted by molar-refractivity contribution is 6.09. The molecular weight excluding hydrogens is 410 g/mol. The second-order valence-electron chi connectivity index (χ2n) is 7.64. The second-order valence-corrected chi connectivity index (χ2v) is 7.64. The SMILES string of the molecule is CCOc1ccc(CN(CC)C(=O)CN2C(=O)N[C@@](C)(c3ccccc3)C2=O)cc1OC. The fourth-order valence-corrected chi connectivity index (χ4v) is 3.72. The van der Waals surface area contributed by atoms with E-state index in [0.29, 0.717) is 36.8 Å². The highest BCUT2D eigenvalue weighted by Gasteiger charge is 2.49. The van der Waals surface area contributed by atoms with Gasteiger partial charge in [0.1, 0.15) is 12.1 Å². The number of benzene rings is 2. The van der Waals surface area contributed by atoms with Crippen LogP contribution in [-0.2, 0) is 21.7 Å². The Labute approximate surface area is 188 Å². The molecule has 0 saturated carbocycles. The Bertz CT molecular complexity index is 994. The first kappa shape index (κ1) is 23.1. The summed E-state index contributed by atoms with van der Waals surface area (Å²) in [6, 6.07) is 13.9. The van der Waals surface area contributed by atoms with Gasteiger partial charge in [0.15, 0.2) is 11.5 Å². The normalized spacial score (nSPS) is 17.8. The minimum Gasteiger partial charge on any atom is -0.493 e. The number of nitrogens with zero attached hydrogens (tertiary/aromatic N) is 2. The van der Waals surface area contributed by atoms with Crippen LogP contribution in [0.1, 0.15) is 31.9 Å². The molecule has 0 aromatic heterocycles. The summed E-state index contributed by atoms with van der Waals surface area (Å²) in [6.07, 6.45) is 0. The van der Waals surface area contributed by atoms with Gasteiger partial charge in [0.05, 0.1) is 13.7 Å². The van der Waals surface area contributed by atoms with Gasteiger partial charge in [-0.15, -0.1) is 0 Å². The third kappa shape index (κ3) is 4.54. The number of amides is 4. The molecule has 3 rings (SSSR count). The van der Waals surface area contributed by atoms with Crippen LogP contribution in [0.5, 0.6) is 11.5 Å². The molecule has 1 atom stereocenters. The molecule has 0 aliphatic carbocycles.